The highest BCUT2D eigenvalue weighted by Gasteiger charge is 2.18. The first kappa shape index (κ1) is 14.3. The van der Waals surface area contributed by atoms with Crippen molar-refractivity contribution >= 4 is 0 Å². The molecule has 1 saturated carbocycles. The van der Waals surface area contributed by atoms with Crippen molar-refractivity contribution in [2.75, 3.05) is 0 Å². The summed E-state index contributed by atoms with van der Waals surface area (Å²) >= 11 is 0. The summed E-state index contributed by atoms with van der Waals surface area (Å²) in [6.45, 7) is 3.63. The maximum atomic E-state index is 13.7. The van der Waals surface area contributed by atoms with Gasteiger partial charge in [0, 0.05) is 11.6 Å². The average molecular weight is 265 g/mol. The summed E-state index contributed by atoms with van der Waals surface area (Å²) in [5.74, 6) is 0.557. The molecule has 0 heterocycles. The Hall–Kier alpha value is -1.09. The van der Waals surface area contributed by atoms with Crippen LogP contribution in [0.1, 0.15) is 62.6 Å². The molecule has 1 fully saturated rings. The topological polar surface area (TPSA) is 35.2 Å². The lowest BCUT2D eigenvalue weighted by Crippen LogP contribution is -2.18. The summed E-state index contributed by atoms with van der Waals surface area (Å²) in [6, 6.07) is 3.10. The number of hydrogen-bond donors (Lipinski definition) is 1. The number of rotatable bonds is 3. The molecule has 1 aromatic carbocycles. The van der Waals surface area contributed by atoms with E-state index in [9.17, 15) is 4.39 Å². The van der Waals surface area contributed by atoms with Crippen LogP contribution in [-0.2, 0) is 0 Å². The molecule has 19 heavy (non-hydrogen) atoms. The van der Waals surface area contributed by atoms with Gasteiger partial charge in [-0.3, -0.25) is 0 Å². The molecule has 2 N–H and O–H groups in total. The van der Waals surface area contributed by atoms with Gasteiger partial charge in [-0.05, 0) is 57.2 Å². The van der Waals surface area contributed by atoms with Crippen LogP contribution in [0.2, 0.25) is 0 Å². The van der Waals surface area contributed by atoms with Gasteiger partial charge in [-0.2, -0.15) is 0 Å². The van der Waals surface area contributed by atoms with Crippen LogP contribution in [0.4, 0.5) is 4.39 Å². The smallest absolute Gasteiger partial charge is 0.126 e. The molecule has 1 aromatic rings. The SMILES string of the molecule is Cc1cc(OC2CCCCCC2)c(C(C)N)cc1F. The highest BCUT2D eigenvalue weighted by atomic mass is 19.1. The summed E-state index contributed by atoms with van der Waals surface area (Å²) in [4.78, 5) is 0. The number of halogens is 1. The van der Waals surface area contributed by atoms with Gasteiger partial charge in [0.25, 0.3) is 0 Å². The average Bonchev–Trinajstić information content (AvgIpc) is 2.62. The fraction of sp³-hybridized carbons (Fsp3) is 0.625. The zero-order valence-electron chi connectivity index (χ0n) is 11.9. The minimum Gasteiger partial charge on any atom is -0.490 e. The Morgan fingerprint density at radius 1 is 1.21 bits per heavy atom. The molecule has 0 aromatic heterocycles. The van der Waals surface area contributed by atoms with Crippen molar-refractivity contribution in [3.63, 3.8) is 0 Å². The van der Waals surface area contributed by atoms with Crippen LogP contribution in [0.5, 0.6) is 5.75 Å². The molecular formula is C16H24FNO. The predicted molar refractivity (Wildman–Crippen MR) is 75.9 cm³/mol. The van der Waals surface area contributed by atoms with Crippen LogP contribution in [-0.4, -0.2) is 6.10 Å². The van der Waals surface area contributed by atoms with Crippen molar-refractivity contribution in [1.29, 1.82) is 0 Å². The Morgan fingerprint density at radius 3 is 2.42 bits per heavy atom. The fourth-order valence-corrected chi connectivity index (χ4v) is 2.67. The Morgan fingerprint density at radius 2 is 1.84 bits per heavy atom. The van der Waals surface area contributed by atoms with Crippen molar-refractivity contribution in [2.24, 2.45) is 5.73 Å². The lowest BCUT2D eigenvalue weighted by Gasteiger charge is -2.21. The van der Waals surface area contributed by atoms with E-state index >= 15 is 0 Å². The lowest BCUT2D eigenvalue weighted by atomic mass is 10.0. The first-order valence-corrected chi connectivity index (χ1v) is 7.30. The number of benzene rings is 1. The Kier molecular flexibility index (Phi) is 4.81. The van der Waals surface area contributed by atoms with Gasteiger partial charge in [-0.25, -0.2) is 4.39 Å². The molecule has 0 aliphatic heterocycles. The summed E-state index contributed by atoms with van der Waals surface area (Å²) in [6.07, 6.45) is 7.47. The van der Waals surface area contributed by atoms with Crippen molar-refractivity contribution in [2.45, 2.75) is 64.5 Å². The Balaban J connectivity index is 2.20. The van der Waals surface area contributed by atoms with Crippen LogP contribution in [0, 0.1) is 12.7 Å². The van der Waals surface area contributed by atoms with Crippen molar-refractivity contribution in [3.05, 3.63) is 29.1 Å². The third-order valence-corrected chi connectivity index (χ3v) is 3.88. The van der Waals surface area contributed by atoms with Gasteiger partial charge < -0.3 is 10.5 Å². The largest absolute Gasteiger partial charge is 0.490 e. The van der Waals surface area contributed by atoms with Crippen LogP contribution in [0.15, 0.2) is 12.1 Å². The second-order valence-electron chi connectivity index (χ2n) is 5.66. The van der Waals surface area contributed by atoms with Crippen LogP contribution in [0.25, 0.3) is 0 Å². The molecule has 106 valence electrons. The van der Waals surface area contributed by atoms with Gasteiger partial charge in [0.2, 0.25) is 0 Å². The molecule has 0 radical (unpaired) electrons. The second kappa shape index (κ2) is 6.38. The van der Waals surface area contributed by atoms with E-state index in [2.05, 4.69) is 0 Å². The van der Waals surface area contributed by atoms with E-state index < -0.39 is 0 Å². The van der Waals surface area contributed by atoms with Crippen molar-refractivity contribution < 1.29 is 9.13 Å². The molecule has 2 rings (SSSR count). The van der Waals surface area contributed by atoms with E-state index in [4.69, 9.17) is 10.5 Å². The molecule has 2 nitrogen and oxygen atoms in total. The zero-order valence-corrected chi connectivity index (χ0v) is 11.9. The van der Waals surface area contributed by atoms with Crippen LogP contribution in [0.3, 0.4) is 0 Å². The van der Waals surface area contributed by atoms with E-state index in [1.165, 1.54) is 31.7 Å². The lowest BCUT2D eigenvalue weighted by molar-refractivity contribution is 0.181. The standard InChI is InChI=1S/C16H24FNO/c1-11-9-16(14(12(2)18)10-15(11)17)19-13-7-5-3-4-6-8-13/h9-10,12-13H,3-8,18H2,1-2H3. The molecule has 3 heteroatoms. The monoisotopic (exact) mass is 265 g/mol. The van der Waals surface area contributed by atoms with Crippen molar-refractivity contribution in [1.82, 2.24) is 0 Å². The highest BCUT2D eigenvalue weighted by Crippen LogP contribution is 2.30. The predicted octanol–water partition coefficient (Wildman–Crippen LogP) is 4.26. The third kappa shape index (κ3) is 3.69. The maximum absolute atomic E-state index is 13.7. The number of aryl methyl sites for hydroxylation is 1. The molecule has 0 bridgehead atoms. The van der Waals surface area contributed by atoms with Crippen molar-refractivity contribution in [3.8, 4) is 5.75 Å². The van der Waals surface area contributed by atoms with Gasteiger partial charge in [-0.15, -0.1) is 0 Å². The summed E-state index contributed by atoms with van der Waals surface area (Å²) in [5, 5.41) is 0. The molecule has 0 saturated heterocycles. The van der Waals surface area contributed by atoms with E-state index in [1.54, 1.807) is 13.0 Å². The fourth-order valence-electron chi connectivity index (χ4n) is 2.67. The highest BCUT2D eigenvalue weighted by molar-refractivity contribution is 5.40. The van der Waals surface area contributed by atoms with Crippen LogP contribution >= 0.6 is 0 Å². The van der Waals surface area contributed by atoms with Gasteiger partial charge in [0.05, 0.1) is 6.10 Å². The normalized spacial score (nSPS) is 18.9. The summed E-state index contributed by atoms with van der Waals surface area (Å²) < 4.78 is 19.8. The molecule has 0 spiro atoms. The molecule has 0 amide bonds. The molecular weight excluding hydrogens is 241 g/mol. The van der Waals surface area contributed by atoms with Gasteiger partial charge in [-0.1, -0.05) is 12.8 Å². The van der Waals surface area contributed by atoms with Gasteiger partial charge in [0.15, 0.2) is 0 Å². The number of ether oxygens (including phenoxy) is 1. The molecule has 1 aliphatic carbocycles. The van der Waals surface area contributed by atoms with E-state index in [0.29, 0.717) is 5.56 Å². The summed E-state index contributed by atoms with van der Waals surface area (Å²) in [5.41, 5.74) is 7.31. The van der Waals surface area contributed by atoms with Gasteiger partial charge in [0.1, 0.15) is 11.6 Å². The third-order valence-electron chi connectivity index (χ3n) is 3.88. The van der Waals surface area contributed by atoms with E-state index in [-0.39, 0.29) is 18.0 Å². The minimum absolute atomic E-state index is 0.208. The maximum Gasteiger partial charge on any atom is 0.126 e. The zero-order chi connectivity index (χ0) is 13.8. The molecule has 1 atom stereocenters. The summed E-state index contributed by atoms with van der Waals surface area (Å²) in [7, 11) is 0. The van der Waals surface area contributed by atoms with E-state index in [0.717, 1.165) is 24.2 Å². The molecule has 1 aliphatic rings. The Bertz CT molecular complexity index is 423. The molecule has 1 unspecified atom stereocenters. The van der Waals surface area contributed by atoms with E-state index in [1.807, 2.05) is 6.92 Å². The minimum atomic E-state index is -0.212. The van der Waals surface area contributed by atoms with Gasteiger partial charge >= 0.3 is 0 Å². The number of hydrogen-bond acceptors (Lipinski definition) is 2. The first-order chi connectivity index (χ1) is 9.08. The quantitative estimate of drug-likeness (QED) is 0.829. The first-order valence-electron chi connectivity index (χ1n) is 7.30. The number of nitrogens with two attached hydrogens (primary N) is 1. The second-order valence-corrected chi connectivity index (χ2v) is 5.66. The van der Waals surface area contributed by atoms with Crippen LogP contribution < -0.4 is 10.5 Å². The Labute approximate surface area is 115 Å².